The van der Waals surface area contributed by atoms with Gasteiger partial charge in [0.1, 0.15) is 36.7 Å². The predicted molar refractivity (Wildman–Crippen MR) is 132 cm³/mol. The number of hydrogen-bond donors (Lipinski definition) is 2. The molecule has 4 rings (SSSR count). The van der Waals surface area contributed by atoms with E-state index < -0.39 is 11.7 Å². The minimum absolute atomic E-state index is 0.0807. The molecule has 0 amide bonds. The number of hydrogen-bond acceptors (Lipinski definition) is 6. The summed E-state index contributed by atoms with van der Waals surface area (Å²) >= 11 is 0. The van der Waals surface area contributed by atoms with Crippen LogP contribution in [0.2, 0.25) is 0 Å². The van der Waals surface area contributed by atoms with Crippen molar-refractivity contribution < 1.29 is 27.4 Å². The zero-order chi connectivity index (χ0) is 26.3. The number of ether oxygens (including phenoxy) is 1. The van der Waals surface area contributed by atoms with Gasteiger partial charge in [0.15, 0.2) is 0 Å². The molecular formula is C27H27F3N4O3. The zero-order valence-electron chi connectivity index (χ0n) is 20.2. The summed E-state index contributed by atoms with van der Waals surface area (Å²) in [7, 11) is 0. The molecule has 10 heteroatoms. The van der Waals surface area contributed by atoms with E-state index in [1.165, 1.54) is 18.4 Å². The summed E-state index contributed by atoms with van der Waals surface area (Å²) in [6.07, 6.45) is 3.87. The van der Waals surface area contributed by atoms with Gasteiger partial charge in [0.25, 0.3) is 0 Å². The minimum atomic E-state index is -4.36. The molecule has 37 heavy (non-hydrogen) atoms. The smallest absolute Gasteiger partial charge is 0.416 e. The minimum Gasteiger partial charge on any atom is -0.487 e. The first kappa shape index (κ1) is 26.2. The van der Waals surface area contributed by atoms with Crippen molar-refractivity contribution in [3.63, 3.8) is 0 Å². The molecule has 2 heterocycles. The lowest BCUT2D eigenvalue weighted by Crippen LogP contribution is -2.20. The van der Waals surface area contributed by atoms with E-state index in [0.29, 0.717) is 35.3 Å². The van der Waals surface area contributed by atoms with Crippen molar-refractivity contribution in [2.24, 2.45) is 0 Å². The van der Waals surface area contributed by atoms with Gasteiger partial charge in [0.05, 0.1) is 5.56 Å². The first-order chi connectivity index (χ1) is 17.8. The van der Waals surface area contributed by atoms with Gasteiger partial charge in [-0.25, -0.2) is 9.97 Å². The van der Waals surface area contributed by atoms with Gasteiger partial charge in [0, 0.05) is 38.1 Å². The third-order valence-electron chi connectivity index (χ3n) is 5.71. The molecule has 0 aliphatic carbocycles. The largest absolute Gasteiger partial charge is 0.487 e. The van der Waals surface area contributed by atoms with E-state index in [1.54, 1.807) is 18.3 Å². The summed E-state index contributed by atoms with van der Waals surface area (Å²) in [5.41, 5.74) is 2.74. The Bertz CT molecular complexity index is 1330. The van der Waals surface area contributed by atoms with Crippen LogP contribution in [0.4, 0.5) is 13.2 Å². The molecule has 194 valence electrons. The van der Waals surface area contributed by atoms with Crippen molar-refractivity contribution in [1.82, 2.24) is 19.9 Å². The molecule has 7 nitrogen and oxygen atoms in total. The van der Waals surface area contributed by atoms with Crippen LogP contribution in [0.5, 0.6) is 5.75 Å². The number of benzene rings is 2. The van der Waals surface area contributed by atoms with Crippen LogP contribution < -0.4 is 10.1 Å². The molecule has 4 aromatic rings. The third-order valence-corrected chi connectivity index (χ3v) is 5.71. The molecule has 0 unspecified atom stereocenters. The standard InChI is InChI=1S/C27H27F3N4O3/c1-19-14-24(8-5-21(19)15-31-10-12-34-13-11-32-25(34)16-35)36-17-23-18-37-26(33-23)9-4-20-2-6-22(7-3-20)27(28,29)30/h2-9,11,13-14,18,31,35H,10,12,15-17H2,1H3/b9-4+. The first-order valence-electron chi connectivity index (χ1n) is 11.7. The van der Waals surface area contributed by atoms with Crippen molar-refractivity contribution in [3.8, 4) is 5.75 Å². The fourth-order valence-corrected chi connectivity index (χ4v) is 3.65. The highest BCUT2D eigenvalue weighted by molar-refractivity contribution is 5.66. The van der Waals surface area contributed by atoms with E-state index in [0.717, 1.165) is 36.3 Å². The normalized spacial score (nSPS) is 11.9. The van der Waals surface area contributed by atoms with Crippen molar-refractivity contribution in [3.05, 3.63) is 101 Å². The van der Waals surface area contributed by atoms with Crippen molar-refractivity contribution in [2.75, 3.05) is 6.54 Å². The maximum absolute atomic E-state index is 12.7. The second kappa shape index (κ2) is 11.9. The fraction of sp³-hybridized carbons (Fsp3) is 0.259. The molecule has 0 saturated heterocycles. The summed E-state index contributed by atoms with van der Waals surface area (Å²) in [5.74, 6) is 1.68. The lowest BCUT2D eigenvalue weighted by molar-refractivity contribution is -0.137. The Hall–Kier alpha value is -3.89. The maximum Gasteiger partial charge on any atom is 0.416 e. The average molecular weight is 513 g/mol. The number of alkyl halides is 3. The third kappa shape index (κ3) is 7.31. The molecule has 0 atom stereocenters. The summed E-state index contributed by atoms with van der Waals surface area (Å²) in [4.78, 5) is 8.42. The Balaban J connectivity index is 1.24. The number of oxazole rings is 1. The second-order valence-corrected chi connectivity index (χ2v) is 8.38. The van der Waals surface area contributed by atoms with E-state index in [-0.39, 0.29) is 13.2 Å². The Morgan fingerprint density at radius 3 is 2.68 bits per heavy atom. The van der Waals surface area contributed by atoms with Gasteiger partial charge in [-0.2, -0.15) is 13.2 Å². The second-order valence-electron chi connectivity index (χ2n) is 8.38. The quantitative estimate of drug-likeness (QED) is 0.268. The van der Waals surface area contributed by atoms with Crippen LogP contribution in [0.1, 0.15) is 39.7 Å². The van der Waals surface area contributed by atoms with Crippen molar-refractivity contribution in [2.45, 2.75) is 39.4 Å². The predicted octanol–water partition coefficient (Wildman–Crippen LogP) is 5.23. The average Bonchev–Trinajstić information content (AvgIpc) is 3.54. The van der Waals surface area contributed by atoms with E-state index in [2.05, 4.69) is 15.3 Å². The highest BCUT2D eigenvalue weighted by atomic mass is 19.4. The summed E-state index contributed by atoms with van der Waals surface area (Å²) in [6, 6.07) is 10.7. The van der Waals surface area contributed by atoms with Gasteiger partial charge in [-0.3, -0.25) is 0 Å². The van der Waals surface area contributed by atoms with Gasteiger partial charge >= 0.3 is 6.18 Å². The van der Waals surface area contributed by atoms with Crippen LogP contribution in [0.25, 0.3) is 12.2 Å². The molecule has 0 radical (unpaired) electrons. The molecule has 0 fully saturated rings. The summed E-state index contributed by atoms with van der Waals surface area (Å²) < 4.78 is 51.2. The maximum atomic E-state index is 12.7. The van der Waals surface area contributed by atoms with Gasteiger partial charge in [0.2, 0.25) is 5.89 Å². The van der Waals surface area contributed by atoms with E-state index >= 15 is 0 Å². The topological polar surface area (TPSA) is 85.3 Å². The van der Waals surface area contributed by atoms with Gasteiger partial charge < -0.3 is 24.1 Å². The fourth-order valence-electron chi connectivity index (χ4n) is 3.65. The number of nitrogens with zero attached hydrogens (tertiary/aromatic N) is 3. The Morgan fingerprint density at radius 2 is 1.95 bits per heavy atom. The van der Waals surface area contributed by atoms with E-state index in [1.807, 2.05) is 35.9 Å². The highest BCUT2D eigenvalue weighted by Crippen LogP contribution is 2.29. The number of nitrogens with one attached hydrogen (secondary N) is 1. The number of aliphatic hydroxyl groups is 1. The Labute approximate surface area is 212 Å². The van der Waals surface area contributed by atoms with Gasteiger partial charge in [-0.1, -0.05) is 18.2 Å². The summed E-state index contributed by atoms with van der Waals surface area (Å²) in [5, 5.41) is 12.7. The van der Waals surface area contributed by atoms with Crippen LogP contribution in [-0.2, 0) is 32.5 Å². The summed E-state index contributed by atoms with van der Waals surface area (Å²) in [6.45, 7) is 4.31. The monoisotopic (exact) mass is 512 g/mol. The Morgan fingerprint density at radius 1 is 1.14 bits per heavy atom. The van der Waals surface area contributed by atoms with Gasteiger partial charge in [-0.05, 0) is 54.0 Å². The Kier molecular flexibility index (Phi) is 8.42. The molecule has 0 aliphatic heterocycles. The molecule has 2 aromatic heterocycles. The van der Waals surface area contributed by atoms with E-state index in [9.17, 15) is 18.3 Å². The number of halogens is 3. The SMILES string of the molecule is Cc1cc(OCc2coc(/C=C/c3ccc(C(F)(F)F)cc3)n2)ccc1CNCCn1ccnc1CO. The number of aryl methyl sites for hydroxylation is 1. The van der Waals surface area contributed by atoms with Crippen LogP contribution in [-0.4, -0.2) is 26.2 Å². The van der Waals surface area contributed by atoms with Crippen LogP contribution >= 0.6 is 0 Å². The molecule has 2 N–H and O–H groups in total. The zero-order valence-corrected chi connectivity index (χ0v) is 20.2. The van der Waals surface area contributed by atoms with Crippen LogP contribution in [0, 0.1) is 6.92 Å². The van der Waals surface area contributed by atoms with Crippen molar-refractivity contribution >= 4 is 12.2 Å². The number of aromatic nitrogens is 3. The number of rotatable bonds is 11. The lowest BCUT2D eigenvalue weighted by Gasteiger charge is -2.11. The molecule has 0 spiro atoms. The number of aliphatic hydroxyl groups excluding tert-OH is 1. The first-order valence-corrected chi connectivity index (χ1v) is 11.7. The molecule has 0 bridgehead atoms. The molecular weight excluding hydrogens is 485 g/mol. The molecule has 0 aliphatic rings. The van der Waals surface area contributed by atoms with E-state index in [4.69, 9.17) is 9.15 Å². The number of imidazole rings is 1. The highest BCUT2D eigenvalue weighted by Gasteiger charge is 2.29. The van der Waals surface area contributed by atoms with Crippen molar-refractivity contribution in [1.29, 1.82) is 0 Å². The molecule has 0 saturated carbocycles. The molecule has 2 aromatic carbocycles. The van der Waals surface area contributed by atoms with Gasteiger partial charge in [-0.15, -0.1) is 0 Å². The lowest BCUT2D eigenvalue weighted by atomic mass is 10.1. The van der Waals surface area contributed by atoms with Crippen LogP contribution in [0.15, 0.2) is 65.5 Å². The van der Waals surface area contributed by atoms with Crippen LogP contribution in [0.3, 0.4) is 0 Å².